The van der Waals surface area contributed by atoms with E-state index >= 15 is 0 Å². The summed E-state index contributed by atoms with van der Waals surface area (Å²) in [7, 11) is -3.82. The number of hydrogen-bond acceptors (Lipinski definition) is 8. The third kappa shape index (κ3) is 4.35. The molecule has 3 aromatic rings. The molecule has 0 unspecified atom stereocenters. The van der Waals surface area contributed by atoms with E-state index in [1.165, 1.54) is 0 Å². The fourth-order valence-corrected chi connectivity index (χ4v) is 6.25. The first kappa shape index (κ1) is 22.6. The number of piperazine rings is 1. The molecule has 2 atom stereocenters. The molecule has 33 heavy (non-hydrogen) atoms. The standard InChI is InChI=1S/C20H24F2N6O3S2/c1-11-7-27(8-12(2)23-11)17-6-14(33(29,30)26-13-9-31-10-13)5-16-15(3-4-28(16)17)19-24-25-20(32-19)18(21)22/h3-6,11-13,18,23,26H,7-10H2,1-2H3/t11-,12-/m0/s1. The Morgan fingerprint density at radius 1 is 1.21 bits per heavy atom. The molecular weight excluding hydrogens is 474 g/mol. The van der Waals surface area contributed by atoms with Gasteiger partial charge in [-0.2, -0.15) is 0 Å². The highest BCUT2D eigenvalue weighted by Crippen LogP contribution is 2.35. The Bertz CT molecular complexity index is 1260. The summed E-state index contributed by atoms with van der Waals surface area (Å²) >= 11 is 0.802. The van der Waals surface area contributed by atoms with E-state index in [-0.39, 0.29) is 28.0 Å². The summed E-state index contributed by atoms with van der Waals surface area (Å²) in [6.45, 7) is 6.19. The van der Waals surface area contributed by atoms with Gasteiger partial charge in [-0.25, -0.2) is 21.9 Å². The van der Waals surface area contributed by atoms with Crippen molar-refractivity contribution >= 4 is 32.7 Å². The highest BCUT2D eigenvalue weighted by atomic mass is 32.2. The SMILES string of the molecule is C[C@H]1CN(c2cc(S(=O)(=O)NC3COC3)cc3c(-c4nnc(C(F)F)s4)ccn23)C[C@H](C)N1. The number of aromatic nitrogens is 3. The Hall–Kier alpha value is -2.19. The number of anilines is 1. The molecule has 2 saturated heterocycles. The number of halogens is 2. The zero-order chi connectivity index (χ0) is 23.3. The predicted molar refractivity (Wildman–Crippen MR) is 120 cm³/mol. The van der Waals surface area contributed by atoms with Gasteiger partial charge in [-0.15, -0.1) is 10.2 Å². The van der Waals surface area contributed by atoms with Crippen LogP contribution in [0.4, 0.5) is 14.6 Å². The number of sulfonamides is 1. The molecule has 0 saturated carbocycles. The van der Waals surface area contributed by atoms with Crippen molar-refractivity contribution in [3.63, 3.8) is 0 Å². The van der Waals surface area contributed by atoms with Crippen LogP contribution in [0.5, 0.6) is 0 Å². The molecule has 2 fully saturated rings. The Kier molecular flexibility index (Phi) is 5.85. The molecule has 2 aliphatic heterocycles. The van der Waals surface area contributed by atoms with Crippen LogP contribution in [0, 0.1) is 0 Å². The van der Waals surface area contributed by atoms with Gasteiger partial charge in [0.15, 0.2) is 5.01 Å². The van der Waals surface area contributed by atoms with Gasteiger partial charge in [-0.3, -0.25) is 0 Å². The molecule has 13 heteroatoms. The van der Waals surface area contributed by atoms with E-state index in [0.29, 0.717) is 48.2 Å². The second-order valence-electron chi connectivity index (χ2n) is 8.51. The lowest BCUT2D eigenvalue weighted by Gasteiger charge is -2.38. The third-order valence-corrected chi connectivity index (χ3v) is 8.20. The maximum Gasteiger partial charge on any atom is 0.291 e. The topological polar surface area (TPSA) is 101 Å². The van der Waals surface area contributed by atoms with Gasteiger partial charge in [-0.1, -0.05) is 11.3 Å². The minimum absolute atomic E-state index is 0.106. The van der Waals surface area contributed by atoms with Crippen LogP contribution >= 0.6 is 11.3 Å². The summed E-state index contributed by atoms with van der Waals surface area (Å²) in [5, 5.41) is 10.9. The molecule has 5 heterocycles. The maximum absolute atomic E-state index is 13.2. The minimum Gasteiger partial charge on any atom is -0.378 e. The second-order valence-corrected chi connectivity index (χ2v) is 11.2. The lowest BCUT2D eigenvalue weighted by Crippen LogP contribution is -2.54. The van der Waals surface area contributed by atoms with E-state index in [2.05, 4.69) is 39.0 Å². The van der Waals surface area contributed by atoms with Crippen molar-refractivity contribution < 1.29 is 21.9 Å². The van der Waals surface area contributed by atoms with E-state index in [4.69, 9.17) is 4.74 Å². The monoisotopic (exact) mass is 498 g/mol. The zero-order valence-corrected chi connectivity index (χ0v) is 19.7. The normalized spacial score (nSPS) is 22.3. The van der Waals surface area contributed by atoms with Crippen molar-refractivity contribution in [2.75, 3.05) is 31.2 Å². The van der Waals surface area contributed by atoms with Crippen molar-refractivity contribution in [2.24, 2.45) is 0 Å². The number of fused-ring (bicyclic) bond motifs is 1. The van der Waals surface area contributed by atoms with Crippen molar-refractivity contribution in [2.45, 2.75) is 43.3 Å². The van der Waals surface area contributed by atoms with Crippen LogP contribution in [-0.4, -0.2) is 67.4 Å². The summed E-state index contributed by atoms with van der Waals surface area (Å²) < 4.78 is 62.2. The summed E-state index contributed by atoms with van der Waals surface area (Å²) in [5.74, 6) is 0.711. The molecule has 2 aliphatic rings. The molecule has 0 aromatic carbocycles. The number of alkyl halides is 2. The van der Waals surface area contributed by atoms with Gasteiger partial charge in [0.1, 0.15) is 10.8 Å². The summed E-state index contributed by atoms with van der Waals surface area (Å²) in [4.78, 5) is 2.24. The minimum atomic E-state index is -3.82. The molecule has 2 N–H and O–H groups in total. The Morgan fingerprint density at radius 2 is 1.94 bits per heavy atom. The molecule has 0 aliphatic carbocycles. The largest absolute Gasteiger partial charge is 0.378 e. The summed E-state index contributed by atoms with van der Waals surface area (Å²) in [5.41, 5.74) is 1.12. The summed E-state index contributed by atoms with van der Waals surface area (Å²) in [6, 6.07) is 5.12. The van der Waals surface area contributed by atoms with Gasteiger partial charge in [0.2, 0.25) is 10.0 Å². The van der Waals surface area contributed by atoms with Gasteiger partial charge in [0, 0.05) is 36.9 Å². The molecule has 0 spiro atoms. The molecule has 0 bridgehead atoms. The predicted octanol–water partition coefficient (Wildman–Crippen LogP) is 2.26. The number of nitrogens with zero attached hydrogens (tertiary/aromatic N) is 4. The first-order valence-electron chi connectivity index (χ1n) is 10.6. The van der Waals surface area contributed by atoms with Gasteiger partial charge >= 0.3 is 0 Å². The lowest BCUT2D eigenvalue weighted by molar-refractivity contribution is 0.00482. The Morgan fingerprint density at radius 3 is 2.55 bits per heavy atom. The fourth-order valence-electron chi connectivity index (χ4n) is 4.28. The number of rotatable bonds is 6. The van der Waals surface area contributed by atoms with Gasteiger partial charge in [0.05, 0.1) is 29.7 Å². The van der Waals surface area contributed by atoms with Crippen LogP contribution in [0.25, 0.3) is 16.1 Å². The quantitative estimate of drug-likeness (QED) is 0.538. The van der Waals surface area contributed by atoms with Gasteiger partial charge in [0.25, 0.3) is 6.43 Å². The van der Waals surface area contributed by atoms with Crippen LogP contribution in [0.1, 0.15) is 25.3 Å². The maximum atomic E-state index is 13.2. The fraction of sp³-hybridized carbons (Fsp3) is 0.500. The smallest absolute Gasteiger partial charge is 0.291 e. The lowest BCUT2D eigenvalue weighted by atomic mass is 10.1. The first-order chi connectivity index (χ1) is 15.7. The van der Waals surface area contributed by atoms with Crippen LogP contribution in [0.2, 0.25) is 0 Å². The molecule has 0 amide bonds. The van der Waals surface area contributed by atoms with Crippen LogP contribution in [-0.2, 0) is 14.8 Å². The Labute approximate surface area is 193 Å². The van der Waals surface area contributed by atoms with E-state index in [1.54, 1.807) is 18.2 Å². The molecule has 3 aromatic heterocycles. The average Bonchev–Trinajstić information content (AvgIpc) is 3.36. The van der Waals surface area contributed by atoms with Crippen LogP contribution in [0.15, 0.2) is 29.3 Å². The second kappa shape index (κ2) is 8.55. The molecule has 0 radical (unpaired) electrons. The summed E-state index contributed by atoms with van der Waals surface area (Å²) in [6.07, 6.45) is -0.904. The van der Waals surface area contributed by atoms with Gasteiger partial charge < -0.3 is 19.4 Å². The molecule has 9 nitrogen and oxygen atoms in total. The highest BCUT2D eigenvalue weighted by molar-refractivity contribution is 7.89. The number of pyridine rings is 1. The average molecular weight is 499 g/mol. The highest BCUT2D eigenvalue weighted by Gasteiger charge is 2.29. The third-order valence-electron chi connectivity index (χ3n) is 5.73. The van der Waals surface area contributed by atoms with E-state index in [0.717, 1.165) is 11.3 Å². The van der Waals surface area contributed by atoms with Crippen molar-refractivity contribution in [3.8, 4) is 10.6 Å². The van der Waals surface area contributed by atoms with E-state index in [9.17, 15) is 17.2 Å². The number of hydrogen-bond donors (Lipinski definition) is 2. The Balaban J connectivity index is 1.65. The zero-order valence-electron chi connectivity index (χ0n) is 18.0. The van der Waals surface area contributed by atoms with Crippen LogP contribution in [0.3, 0.4) is 0 Å². The van der Waals surface area contributed by atoms with Crippen molar-refractivity contribution in [1.82, 2.24) is 24.6 Å². The molecule has 178 valence electrons. The van der Waals surface area contributed by atoms with Gasteiger partial charge in [-0.05, 0) is 32.0 Å². The number of nitrogens with one attached hydrogen (secondary N) is 2. The van der Waals surface area contributed by atoms with Crippen LogP contribution < -0.4 is 14.9 Å². The van der Waals surface area contributed by atoms with Crippen molar-refractivity contribution in [3.05, 3.63) is 29.4 Å². The molecule has 5 rings (SSSR count). The van der Waals surface area contributed by atoms with E-state index in [1.807, 2.05) is 10.6 Å². The van der Waals surface area contributed by atoms with E-state index < -0.39 is 16.4 Å². The molecular formula is C20H24F2N6O3S2. The number of ether oxygens (including phenoxy) is 1. The van der Waals surface area contributed by atoms with Crippen molar-refractivity contribution in [1.29, 1.82) is 0 Å². The first-order valence-corrected chi connectivity index (χ1v) is 12.9.